The fourth-order valence-corrected chi connectivity index (χ4v) is 2.19. The fourth-order valence-electron chi connectivity index (χ4n) is 2.19. The van der Waals surface area contributed by atoms with Gasteiger partial charge in [-0.15, -0.1) is 0 Å². The predicted octanol–water partition coefficient (Wildman–Crippen LogP) is 2.64. The molecule has 2 rings (SSSR count). The van der Waals surface area contributed by atoms with Gasteiger partial charge in [-0.2, -0.15) is 5.10 Å². The molecule has 2 heterocycles. The van der Waals surface area contributed by atoms with E-state index in [1.165, 1.54) is 17.0 Å². The number of nitrogens with one attached hydrogen (secondary N) is 1. The first-order chi connectivity index (χ1) is 8.50. The van der Waals surface area contributed by atoms with E-state index in [1.54, 1.807) is 6.33 Å². The van der Waals surface area contributed by atoms with E-state index < -0.39 is 0 Å². The number of aryl methyl sites for hydroxylation is 1. The van der Waals surface area contributed by atoms with Gasteiger partial charge < -0.3 is 0 Å². The van der Waals surface area contributed by atoms with Crippen LogP contribution >= 0.6 is 0 Å². The van der Waals surface area contributed by atoms with Crippen molar-refractivity contribution in [1.82, 2.24) is 15.2 Å². The van der Waals surface area contributed by atoms with Crippen LogP contribution in [-0.2, 0) is 0 Å². The number of aromatic amines is 1. The first-order valence-corrected chi connectivity index (χ1v) is 6.43. The first-order valence-electron chi connectivity index (χ1n) is 6.43. The molecular formula is C14H21N4+. The highest BCUT2D eigenvalue weighted by atomic mass is 15.3. The van der Waals surface area contributed by atoms with Crippen molar-refractivity contribution in [2.45, 2.75) is 46.5 Å². The fraction of sp³-hybridized carbons (Fsp3) is 0.500. The van der Waals surface area contributed by atoms with Crippen LogP contribution in [0.2, 0.25) is 0 Å². The lowest BCUT2D eigenvalue weighted by molar-refractivity contribution is -0.622. The molecule has 2 aromatic rings. The summed E-state index contributed by atoms with van der Waals surface area (Å²) in [5, 5.41) is 6.93. The summed E-state index contributed by atoms with van der Waals surface area (Å²) < 4.78 is 2.19. The second-order valence-corrected chi connectivity index (χ2v) is 5.34. The Morgan fingerprint density at radius 2 is 1.61 bits per heavy atom. The third-order valence-electron chi connectivity index (χ3n) is 3.06. The molecule has 1 N–H and O–H groups in total. The summed E-state index contributed by atoms with van der Waals surface area (Å²) in [6.07, 6.45) is 1.55. The SMILES string of the molecule is Cc1cc(C(C)C)[n+](-c2ncn[nH]2)c(C(C)C)c1. The molecule has 0 saturated heterocycles. The molecule has 0 aliphatic rings. The predicted molar refractivity (Wildman–Crippen MR) is 70.8 cm³/mol. The lowest BCUT2D eigenvalue weighted by atomic mass is 10.0. The maximum atomic E-state index is 4.30. The minimum Gasteiger partial charge on any atom is -0.201 e. The number of nitrogens with zero attached hydrogens (tertiary/aromatic N) is 3. The van der Waals surface area contributed by atoms with Gasteiger partial charge in [0.1, 0.15) is 0 Å². The molecule has 2 aromatic heterocycles. The van der Waals surface area contributed by atoms with Gasteiger partial charge in [0.05, 0.1) is 11.4 Å². The van der Waals surface area contributed by atoms with Crippen LogP contribution in [-0.4, -0.2) is 15.2 Å². The Balaban J connectivity index is 2.73. The van der Waals surface area contributed by atoms with Gasteiger partial charge in [-0.05, 0) is 24.6 Å². The molecule has 0 unspecified atom stereocenters. The number of H-pyrrole nitrogens is 1. The summed E-state index contributed by atoms with van der Waals surface area (Å²) in [5.41, 5.74) is 3.81. The molecule has 0 radical (unpaired) electrons. The molecule has 0 fully saturated rings. The molecule has 0 amide bonds. The van der Waals surface area contributed by atoms with Crippen molar-refractivity contribution >= 4 is 0 Å². The Morgan fingerprint density at radius 3 is 2.00 bits per heavy atom. The van der Waals surface area contributed by atoms with E-state index in [2.05, 4.69) is 66.5 Å². The van der Waals surface area contributed by atoms with Crippen LogP contribution in [0.25, 0.3) is 5.95 Å². The third-order valence-corrected chi connectivity index (χ3v) is 3.06. The molecule has 0 aliphatic carbocycles. The summed E-state index contributed by atoms with van der Waals surface area (Å²) in [4.78, 5) is 4.30. The Kier molecular flexibility index (Phi) is 3.45. The highest BCUT2D eigenvalue weighted by Crippen LogP contribution is 2.19. The lowest BCUT2D eigenvalue weighted by Crippen LogP contribution is -2.42. The van der Waals surface area contributed by atoms with Crippen molar-refractivity contribution in [3.63, 3.8) is 0 Å². The van der Waals surface area contributed by atoms with E-state index in [1.807, 2.05) is 0 Å². The Morgan fingerprint density at radius 1 is 1.06 bits per heavy atom. The normalized spacial score (nSPS) is 11.5. The maximum absolute atomic E-state index is 4.30. The molecule has 0 aliphatic heterocycles. The number of aromatic nitrogens is 4. The van der Waals surface area contributed by atoms with Crippen LogP contribution < -0.4 is 4.57 Å². The third kappa shape index (κ3) is 2.28. The molecule has 18 heavy (non-hydrogen) atoms. The minimum absolute atomic E-state index is 0.437. The summed E-state index contributed by atoms with van der Waals surface area (Å²) in [5.74, 6) is 1.67. The lowest BCUT2D eigenvalue weighted by Gasteiger charge is -2.16. The van der Waals surface area contributed by atoms with Crippen LogP contribution in [0.3, 0.4) is 0 Å². The van der Waals surface area contributed by atoms with Crippen LogP contribution in [0, 0.1) is 6.92 Å². The zero-order valence-electron chi connectivity index (χ0n) is 11.7. The first kappa shape index (κ1) is 12.7. The molecule has 0 spiro atoms. The van der Waals surface area contributed by atoms with Gasteiger partial charge in [0, 0.05) is 11.8 Å². The van der Waals surface area contributed by atoms with Crippen molar-refractivity contribution in [3.05, 3.63) is 35.4 Å². The van der Waals surface area contributed by atoms with Crippen LogP contribution in [0.4, 0.5) is 0 Å². The molecule has 4 nitrogen and oxygen atoms in total. The standard InChI is InChI=1S/C14H21N4/c1-9(2)12-6-11(5)7-13(10(3)4)18(12)14-15-8-16-17-14/h6-10H,1-5H3,(H,15,16,17)/q+1. The average Bonchev–Trinajstić information content (AvgIpc) is 2.80. The molecule has 0 bridgehead atoms. The summed E-state index contributed by atoms with van der Waals surface area (Å²) >= 11 is 0. The van der Waals surface area contributed by atoms with E-state index in [9.17, 15) is 0 Å². The molecule has 0 atom stereocenters. The molecule has 0 saturated carbocycles. The highest BCUT2D eigenvalue weighted by Gasteiger charge is 2.22. The summed E-state index contributed by atoms with van der Waals surface area (Å²) in [6.45, 7) is 10.9. The van der Waals surface area contributed by atoms with Gasteiger partial charge >= 0.3 is 5.95 Å². The van der Waals surface area contributed by atoms with Gasteiger partial charge in [-0.1, -0.05) is 37.8 Å². The van der Waals surface area contributed by atoms with Crippen molar-refractivity contribution in [2.24, 2.45) is 0 Å². The largest absolute Gasteiger partial charge is 0.422 e. The van der Waals surface area contributed by atoms with E-state index in [0.717, 1.165) is 5.95 Å². The number of hydrogen-bond acceptors (Lipinski definition) is 2. The van der Waals surface area contributed by atoms with Gasteiger partial charge in [0.15, 0.2) is 0 Å². The van der Waals surface area contributed by atoms with E-state index in [-0.39, 0.29) is 0 Å². The Labute approximate surface area is 108 Å². The van der Waals surface area contributed by atoms with E-state index in [4.69, 9.17) is 0 Å². The zero-order chi connectivity index (χ0) is 13.3. The van der Waals surface area contributed by atoms with Gasteiger partial charge in [0.2, 0.25) is 6.33 Å². The second-order valence-electron chi connectivity index (χ2n) is 5.34. The van der Waals surface area contributed by atoms with Crippen LogP contribution in [0.1, 0.15) is 56.5 Å². The molecule has 96 valence electrons. The van der Waals surface area contributed by atoms with Crippen LogP contribution in [0.15, 0.2) is 18.5 Å². The summed E-state index contributed by atoms with van der Waals surface area (Å²) in [7, 11) is 0. The van der Waals surface area contributed by atoms with Crippen molar-refractivity contribution in [2.75, 3.05) is 0 Å². The van der Waals surface area contributed by atoms with Crippen LogP contribution in [0.5, 0.6) is 0 Å². The zero-order valence-corrected chi connectivity index (χ0v) is 11.7. The average molecular weight is 245 g/mol. The Hall–Kier alpha value is -1.71. The molecule has 4 heteroatoms. The Bertz CT molecular complexity index is 498. The van der Waals surface area contributed by atoms with Gasteiger partial charge in [-0.25, -0.2) is 4.57 Å². The van der Waals surface area contributed by atoms with Gasteiger partial charge in [0.25, 0.3) is 0 Å². The highest BCUT2D eigenvalue weighted by molar-refractivity contribution is 5.20. The van der Waals surface area contributed by atoms with Crippen molar-refractivity contribution in [1.29, 1.82) is 0 Å². The van der Waals surface area contributed by atoms with Gasteiger partial charge in [-0.3, -0.25) is 0 Å². The number of hydrogen-bond donors (Lipinski definition) is 1. The van der Waals surface area contributed by atoms with Crippen molar-refractivity contribution in [3.8, 4) is 5.95 Å². The van der Waals surface area contributed by atoms with E-state index >= 15 is 0 Å². The monoisotopic (exact) mass is 245 g/mol. The molecular weight excluding hydrogens is 224 g/mol. The molecule has 0 aromatic carbocycles. The second kappa shape index (κ2) is 4.88. The number of pyridine rings is 1. The number of rotatable bonds is 3. The van der Waals surface area contributed by atoms with Crippen molar-refractivity contribution < 1.29 is 4.57 Å². The smallest absolute Gasteiger partial charge is 0.201 e. The maximum Gasteiger partial charge on any atom is 0.422 e. The summed E-state index contributed by atoms with van der Waals surface area (Å²) in [6, 6.07) is 4.44. The minimum atomic E-state index is 0.437. The topological polar surface area (TPSA) is 45.5 Å². The van der Waals surface area contributed by atoms with E-state index in [0.29, 0.717) is 11.8 Å². The quantitative estimate of drug-likeness (QED) is 0.845.